The second-order valence-electron chi connectivity index (χ2n) is 5.59. The van der Waals surface area contributed by atoms with Gasteiger partial charge in [0.2, 0.25) is 0 Å². The zero-order valence-corrected chi connectivity index (χ0v) is 19.5. The summed E-state index contributed by atoms with van der Waals surface area (Å²) in [7, 11) is 0. The smallest absolute Gasteiger partial charge is 0.870 e. The zero-order valence-electron chi connectivity index (χ0n) is 16.4. The number of Topliss-reactive ketones (excluding diaryl/α,β-unsaturated/α-hetero) is 2. The van der Waals surface area contributed by atoms with E-state index in [0.29, 0.717) is 6.42 Å². The van der Waals surface area contributed by atoms with Crippen molar-refractivity contribution in [1.82, 2.24) is 0 Å². The number of rotatable bonds is 6. The van der Waals surface area contributed by atoms with Gasteiger partial charge in [0, 0.05) is 12.8 Å². The third-order valence-electron chi connectivity index (χ3n) is 3.74. The van der Waals surface area contributed by atoms with Crippen molar-refractivity contribution < 1.29 is 86.3 Å². The van der Waals surface area contributed by atoms with Gasteiger partial charge in [-0.1, -0.05) is 0 Å². The minimum absolute atomic E-state index is 0. The molecule has 0 saturated heterocycles. The Labute approximate surface area is 197 Å². The molecule has 0 aromatic heterocycles. The maximum absolute atomic E-state index is 11.1. The number of carboxylic acids is 2. The molecular weight excluding hydrogens is 367 g/mol. The van der Waals surface area contributed by atoms with Gasteiger partial charge in [0.05, 0.1) is 5.41 Å². The third-order valence-corrected chi connectivity index (χ3v) is 3.74. The van der Waals surface area contributed by atoms with Crippen LogP contribution in [0.2, 0.25) is 0 Å². The Morgan fingerprint density at radius 2 is 1.04 bits per heavy atom. The van der Waals surface area contributed by atoms with E-state index in [1.165, 1.54) is 20.8 Å². The van der Waals surface area contributed by atoms with Crippen molar-refractivity contribution >= 4 is 23.5 Å². The first-order valence-electron chi connectivity index (χ1n) is 7.18. The molecule has 0 aliphatic rings. The largest absolute Gasteiger partial charge is 1.00 e. The summed E-state index contributed by atoms with van der Waals surface area (Å²) in [5, 5.41) is 17.2. The van der Waals surface area contributed by atoms with E-state index in [4.69, 9.17) is 10.2 Å². The minimum atomic E-state index is -1.79. The molecular formula is C18H25KO7. The summed E-state index contributed by atoms with van der Waals surface area (Å²) >= 11 is 0. The van der Waals surface area contributed by atoms with Gasteiger partial charge in [-0.15, -0.1) is 23.7 Å². The molecule has 0 saturated carbocycles. The molecule has 0 aromatic carbocycles. The standard InChI is InChI=1S/C10H14O2.C8H10O4.K.H2O/c1-5-6-7-10(4,8(2)11)9(3)12;1-3-4-5-8(2,6(9)10)7(11)12;;/h7H2,1-4H3;5H2,1-2H3,(H,9,10)(H,11,12);;1H2/q;;+1;/p-1. The fraction of sp³-hybridized carbons (Fsp3) is 0.556. The molecule has 0 rings (SSSR count). The van der Waals surface area contributed by atoms with E-state index >= 15 is 0 Å². The molecule has 0 spiro atoms. The molecule has 0 aliphatic carbocycles. The second-order valence-corrected chi connectivity index (χ2v) is 5.59. The van der Waals surface area contributed by atoms with Crippen LogP contribution in [0.3, 0.4) is 0 Å². The summed E-state index contributed by atoms with van der Waals surface area (Å²) in [6, 6.07) is 0. The van der Waals surface area contributed by atoms with Gasteiger partial charge in [-0.3, -0.25) is 19.2 Å². The Morgan fingerprint density at radius 3 is 1.23 bits per heavy atom. The van der Waals surface area contributed by atoms with Crippen LogP contribution in [0.25, 0.3) is 0 Å². The maximum Gasteiger partial charge on any atom is 1.00 e. The van der Waals surface area contributed by atoms with Crippen molar-refractivity contribution in [3.8, 4) is 23.7 Å². The molecule has 0 fully saturated rings. The Morgan fingerprint density at radius 1 is 0.769 bits per heavy atom. The van der Waals surface area contributed by atoms with Crippen LogP contribution >= 0.6 is 0 Å². The topological polar surface area (TPSA) is 139 Å². The van der Waals surface area contributed by atoms with Gasteiger partial charge in [0.1, 0.15) is 11.6 Å². The number of carbonyl (C=O) groups is 4. The van der Waals surface area contributed by atoms with Crippen LogP contribution in [-0.2, 0) is 19.2 Å². The van der Waals surface area contributed by atoms with E-state index in [9.17, 15) is 19.2 Å². The zero-order chi connectivity index (χ0) is 19.6. The first kappa shape index (κ1) is 32.6. The number of carboxylic acid groups (broad SMARTS) is 2. The fourth-order valence-corrected chi connectivity index (χ4v) is 1.27. The molecule has 0 bridgehead atoms. The monoisotopic (exact) mass is 392 g/mol. The van der Waals surface area contributed by atoms with Crippen molar-refractivity contribution in [3.63, 3.8) is 0 Å². The van der Waals surface area contributed by atoms with Crippen molar-refractivity contribution in [3.05, 3.63) is 0 Å². The normalized spacial score (nSPS) is 9.15. The van der Waals surface area contributed by atoms with Crippen molar-refractivity contribution in [2.24, 2.45) is 10.8 Å². The molecule has 140 valence electrons. The SMILES string of the molecule is CC#CCC(C)(C(=O)O)C(=O)O.CC#CCC(C)(C(C)=O)C(C)=O.[K+].[OH-]. The third kappa shape index (κ3) is 10.2. The molecule has 7 nitrogen and oxygen atoms in total. The number of hydrogen-bond donors (Lipinski definition) is 2. The molecule has 0 aliphatic heterocycles. The summed E-state index contributed by atoms with van der Waals surface area (Å²) in [5.74, 6) is 7.38. The molecule has 0 radical (unpaired) electrons. The van der Waals surface area contributed by atoms with Crippen LogP contribution in [0.4, 0.5) is 0 Å². The number of carbonyl (C=O) groups excluding carboxylic acids is 2. The van der Waals surface area contributed by atoms with E-state index in [0.717, 1.165) is 6.92 Å². The summed E-state index contributed by atoms with van der Waals surface area (Å²) in [6.07, 6.45) is 0.155. The van der Waals surface area contributed by atoms with Gasteiger partial charge < -0.3 is 15.7 Å². The van der Waals surface area contributed by atoms with Gasteiger partial charge in [-0.2, -0.15) is 0 Å². The molecule has 26 heavy (non-hydrogen) atoms. The molecule has 0 unspecified atom stereocenters. The average Bonchev–Trinajstić information content (AvgIpc) is 2.49. The predicted octanol–water partition coefficient (Wildman–Crippen LogP) is -1.01. The van der Waals surface area contributed by atoms with E-state index in [1.807, 2.05) is 0 Å². The van der Waals surface area contributed by atoms with Crippen molar-refractivity contribution in [2.75, 3.05) is 0 Å². The van der Waals surface area contributed by atoms with Crippen LogP contribution in [0.15, 0.2) is 0 Å². The first-order chi connectivity index (χ1) is 10.9. The van der Waals surface area contributed by atoms with Gasteiger partial charge in [0.25, 0.3) is 0 Å². The Kier molecular flexibility index (Phi) is 19.0. The van der Waals surface area contributed by atoms with E-state index in [1.54, 1.807) is 13.8 Å². The molecule has 8 heteroatoms. The van der Waals surface area contributed by atoms with Gasteiger partial charge in [-0.05, 0) is 41.5 Å². The van der Waals surface area contributed by atoms with Crippen LogP contribution in [-0.4, -0.2) is 39.2 Å². The van der Waals surface area contributed by atoms with E-state index < -0.39 is 22.8 Å². The van der Waals surface area contributed by atoms with Crippen LogP contribution in [0.1, 0.15) is 54.4 Å². The van der Waals surface area contributed by atoms with Gasteiger partial charge >= 0.3 is 63.3 Å². The Hall–Kier alpha value is -1.00. The van der Waals surface area contributed by atoms with Crippen LogP contribution in [0.5, 0.6) is 0 Å². The molecule has 0 heterocycles. The van der Waals surface area contributed by atoms with E-state index in [2.05, 4.69) is 23.7 Å². The summed E-state index contributed by atoms with van der Waals surface area (Å²) in [4.78, 5) is 43.3. The molecule has 0 amide bonds. The summed E-state index contributed by atoms with van der Waals surface area (Å²) in [6.45, 7) is 8.87. The first-order valence-corrected chi connectivity index (χ1v) is 7.18. The fourth-order valence-electron chi connectivity index (χ4n) is 1.27. The van der Waals surface area contributed by atoms with Crippen LogP contribution < -0.4 is 51.4 Å². The van der Waals surface area contributed by atoms with Gasteiger partial charge in [-0.25, -0.2) is 0 Å². The van der Waals surface area contributed by atoms with Crippen molar-refractivity contribution in [1.29, 1.82) is 0 Å². The minimum Gasteiger partial charge on any atom is -0.870 e. The number of aliphatic carboxylic acids is 2. The summed E-state index contributed by atoms with van der Waals surface area (Å²) < 4.78 is 0. The van der Waals surface area contributed by atoms with Crippen LogP contribution in [0, 0.1) is 34.5 Å². The van der Waals surface area contributed by atoms with Gasteiger partial charge in [0.15, 0.2) is 5.41 Å². The van der Waals surface area contributed by atoms with E-state index in [-0.39, 0.29) is 74.8 Å². The predicted molar refractivity (Wildman–Crippen MR) is 90.9 cm³/mol. The van der Waals surface area contributed by atoms with Crippen molar-refractivity contribution in [2.45, 2.75) is 54.4 Å². The average molecular weight is 392 g/mol. The second kappa shape index (κ2) is 15.1. The number of hydrogen-bond acceptors (Lipinski definition) is 5. The summed E-state index contributed by atoms with van der Waals surface area (Å²) in [5.41, 5.74) is -2.69. The molecule has 3 N–H and O–H groups in total. The Balaban J connectivity index is -0.000000173. The molecule has 0 atom stereocenters. The number of ketones is 2. The molecule has 0 aromatic rings. The Bertz CT molecular complexity index is 545. The maximum atomic E-state index is 11.1. The quantitative estimate of drug-likeness (QED) is 0.335.